The lowest BCUT2D eigenvalue weighted by atomic mass is 10.1. The fourth-order valence-corrected chi connectivity index (χ4v) is 2.99. The fraction of sp³-hybridized carbons (Fsp3) is 0.467. The number of likely N-dealkylation sites (tertiary alicyclic amines) is 1. The first-order valence-corrected chi connectivity index (χ1v) is 6.70. The molecule has 18 heavy (non-hydrogen) atoms. The maximum absolute atomic E-state index is 5.84. The molecule has 0 radical (unpaired) electrons. The molecule has 3 heteroatoms. The Morgan fingerprint density at radius 3 is 3.06 bits per heavy atom. The smallest absolute Gasteiger partial charge is 0.134 e. The van der Waals surface area contributed by atoms with Crippen molar-refractivity contribution < 1.29 is 4.42 Å². The van der Waals surface area contributed by atoms with Crippen molar-refractivity contribution in [2.75, 3.05) is 13.1 Å². The van der Waals surface area contributed by atoms with Crippen molar-refractivity contribution in [3.63, 3.8) is 0 Å². The second kappa shape index (κ2) is 4.75. The van der Waals surface area contributed by atoms with E-state index in [0.717, 1.165) is 31.0 Å². The van der Waals surface area contributed by atoms with Crippen LogP contribution in [0.3, 0.4) is 0 Å². The number of aryl methyl sites for hydroxylation is 1. The Hall–Kier alpha value is -1.32. The summed E-state index contributed by atoms with van der Waals surface area (Å²) in [6, 6.07) is 8.82. The number of benzene rings is 1. The minimum absolute atomic E-state index is 0.540. The van der Waals surface area contributed by atoms with Gasteiger partial charge in [-0.15, -0.1) is 0 Å². The molecule has 0 bridgehead atoms. The Morgan fingerprint density at radius 2 is 2.22 bits per heavy atom. The summed E-state index contributed by atoms with van der Waals surface area (Å²) >= 11 is 0. The van der Waals surface area contributed by atoms with E-state index in [0.29, 0.717) is 6.04 Å². The van der Waals surface area contributed by atoms with Gasteiger partial charge in [0.25, 0.3) is 0 Å². The molecular weight excluding hydrogens is 224 g/mol. The van der Waals surface area contributed by atoms with Gasteiger partial charge in [0.1, 0.15) is 11.3 Å². The Kier molecular flexibility index (Phi) is 3.10. The molecule has 2 aromatic rings. The summed E-state index contributed by atoms with van der Waals surface area (Å²) in [7, 11) is 0. The van der Waals surface area contributed by atoms with E-state index < -0.39 is 0 Å². The molecule has 2 heterocycles. The van der Waals surface area contributed by atoms with Crippen LogP contribution in [-0.2, 0) is 6.54 Å². The van der Waals surface area contributed by atoms with Crippen molar-refractivity contribution in [1.82, 2.24) is 4.90 Å². The highest BCUT2D eigenvalue weighted by atomic mass is 16.3. The van der Waals surface area contributed by atoms with Gasteiger partial charge in [0.15, 0.2) is 0 Å². The quantitative estimate of drug-likeness (QED) is 0.902. The number of nitrogens with two attached hydrogens (primary N) is 1. The van der Waals surface area contributed by atoms with Crippen molar-refractivity contribution in [2.24, 2.45) is 5.73 Å². The third-order valence-electron chi connectivity index (χ3n) is 4.03. The van der Waals surface area contributed by atoms with Crippen LogP contribution in [0.25, 0.3) is 11.0 Å². The van der Waals surface area contributed by atoms with Crippen molar-refractivity contribution in [1.29, 1.82) is 0 Å². The maximum atomic E-state index is 5.84. The molecule has 1 atom stereocenters. The number of furan rings is 1. The zero-order valence-corrected chi connectivity index (χ0v) is 10.9. The van der Waals surface area contributed by atoms with E-state index in [1.165, 1.54) is 23.8 Å². The molecule has 0 spiro atoms. The third kappa shape index (κ3) is 1.93. The second-order valence-electron chi connectivity index (χ2n) is 5.14. The van der Waals surface area contributed by atoms with Crippen LogP contribution in [0.2, 0.25) is 0 Å². The van der Waals surface area contributed by atoms with Crippen LogP contribution >= 0.6 is 0 Å². The summed E-state index contributed by atoms with van der Waals surface area (Å²) in [6.45, 7) is 4.93. The average Bonchev–Trinajstić information content (AvgIpc) is 2.95. The van der Waals surface area contributed by atoms with Gasteiger partial charge in [-0.25, -0.2) is 0 Å². The van der Waals surface area contributed by atoms with E-state index in [9.17, 15) is 0 Å². The van der Waals surface area contributed by atoms with Crippen LogP contribution in [0.1, 0.15) is 24.2 Å². The molecule has 3 rings (SSSR count). The molecule has 3 nitrogen and oxygen atoms in total. The SMILES string of the molecule is Cc1oc2ccccc2c1CN1CCCC1CN. The lowest BCUT2D eigenvalue weighted by Gasteiger charge is -2.22. The summed E-state index contributed by atoms with van der Waals surface area (Å²) in [5.74, 6) is 1.04. The minimum Gasteiger partial charge on any atom is -0.461 e. The second-order valence-corrected chi connectivity index (χ2v) is 5.14. The Morgan fingerprint density at radius 1 is 1.39 bits per heavy atom. The molecule has 0 aliphatic carbocycles. The molecule has 1 aromatic carbocycles. The van der Waals surface area contributed by atoms with Crippen molar-refractivity contribution in [3.05, 3.63) is 35.6 Å². The summed E-state index contributed by atoms with van der Waals surface area (Å²) in [5, 5.41) is 1.25. The molecule has 1 aliphatic heterocycles. The highest BCUT2D eigenvalue weighted by Gasteiger charge is 2.25. The highest BCUT2D eigenvalue weighted by molar-refractivity contribution is 5.82. The van der Waals surface area contributed by atoms with Crippen LogP contribution in [0.5, 0.6) is 0 Å². The molecule has 1 saturated heterocycles. The number of nitrogens with zero attached hydrogens (tertiary/aromatic N) is 1. The van der Waals surface area contributed by atoms with Gasteiger partial charge in [-0.1, -0.05) is 18.2 Å². The number of hydrogen-bond acceptors (Lipinski definition) is 3. The first-order valence-electron chi connectivity index (χ1n) is 6.70. The predicted molar refractivity (Wildman–Crippen MR) is 73.4 cm³/mol. The zero-order chi connectivity index (χ0) is 12.5. The van der Waals surface area contributed by atoms with Crippen LogP contribution < -0.4 is 5.73 Å². The van der Waals surface area contributed by atoms with Crippen molar-refractivity contribution in [2.45, 2.75) is 32.4 Å². The molecular formula is C15H20N2O. The zero-order valence-electron chi connectivity index (χ0n) is 10.9. The fourth-order valence-electron chi connectivity index (χ4n) is 2.99. The molecule has 1 unspecified atom stereocenters. The Labute approximate surface area is 108 Å². The van der Waals surface area contributed by atoms with E-state index in [1.807, 2.05) is 12.1 Å². The van der Waals surface area contributed by atoms with Crippen LogP contribution in [0.4, 0.5) is 0 Å². The maximum Gasteiger partial charge on any atom is 0.134 e. The monoisotopic (exact) mass is 244 g/mol. The number of rotatable bonds is 3. The topological polar surface area (TPSA) is 42.4 Å². The number of fused-ring (bicyclic) bond motifs is 1. The Bertz CT molecular complexity index is 546. The Balaban J connectivity index is 1.92. The van der Waals surface area contributed by atoms with Gasteiger partial charge >= 0.3 is 0 Å². The van der Waals surface area contributed by atoms with E-state index in [1.54, 1.807) is 0 Å². The summed E-state index contributed by atoms with van der Waals surface area (Å²) in [6.07, 6.45) is 2.49. The van der Waals surface area contributed by atoms with Gasteiger partial charge in [0.2, 0.25) is 0 Å². The number of hydrogen-bond donors (Lipinski definition) is 1. The predicted octanol–water partition coefficient (Wildman–Crippen LogP) is 2.66. The molecule has 96 valence electrons. The summed E-state index contributed by atoms with van der Waals surface area (Å²) in [4.78, 5) is 2.49. The standard InChI is InChI=1S/C15H20N2O/c1-11-14(10-17-8-4-5-12(17)9-16)13-6-2-3-7-15(13)18-11/h2-3,6-7,12H,4-5,8-10,16H2,1H3. The lowest BCUT2D eigenvalue weighted by molar-refractivity contribution is 0.249. The normalized spacial score (nSPS) is 20.9. The van der Waals surface area contributed by atoms with E-state index in [-0.39, 0.29) is 0 Å². The van der Waals surface area contributed by atoms with Crippen LogP contribution in [0.15, 0.2) is 28.7 Å². The lowest BCUT2D eigenvalue weighted by Crippen LogP contribution is -2.34. The summed E-state index contributed by atoms with van der Waals surface area (Å²) in [5.41, 5.74) is 8.16. The van der Waals surface area contributed by atoms with Crippen LogP contribution in [-0.4, -0.2) is 24.0 Å². The molecule has 1 fully saturated rings. The van der Waals surface area contributed by atoms with Crippen molar-refractivity contribution >= 4 is 11.0 Å². The van der Waals surface area contributed by atoms with Crippen molar-refractivity contribution in [3.8, 4) is 0 Å². The average molecular weight is 244 g/mol. The largest absolute Gasteiger partial charge is 0.461 e. The first-order chi connectivity index (χ1) is 8.79. The molecule has 0 saturated carbocycles. The van der Waals surface area contributed by atoms with Gasteiger partial charge in [-0.2, -0.15) is 0 Å². The molecule has 2 N–H and O–H groups in total. The van der Waals surface area contributed by atoms with E-state index in [4.69, 9.17) is 10.2 Å². The summed E-state index contributed by atoms with van der Waals surface area (Å²) < 4.78 is 5.82. The third-order valence-corrected chi connectivity index (χ3v) is 4.03. The minimum atomic E-state index is 0.540. The van der Waals surface area contributed by atoms with Gasteiger partial charge < -0.3 is 10.2 Å². The van der Waals surface area contributed by atoms with Gasteiger partial charge in [0.05, 0.1) is 0 Å². The molecule has 1 aromatic heterocycles. The first kappa shape index (κ1) is 11.8. The molecule has 1 aliphatic rings. The van der Waals surface area contributed by atoms with Crippen LogP contribution in [0, 0.1) is 6.92 Å². The highest BCUT2D eigenvalue weighted by Crippen LogP contribution is 2.28. The van der Waals surface area contributed by atoms with Gasteiger partial charge in [-0.3, -0.25) is 4.90 Å². The molecule has 0 amide bonds. The van der Waals surface area contributed by atoms with Gasteiger partial charge in [0, 0.05) is 30.1 Å². The van der Waals surface area contributed by atoms with E-state index in [2.05, 4.69) is 24.0 Å². The van der Waals surface area contributed by atoms with Gasteiger partial charge in [-0.05, 0) is 32.4 Å². The number of para-hydroxylation sites is 1. The van der Waals surface area contributed by atoms with E-state index >= 15 is 0 Å².